The number of nitriles is 1. The summed E-state index contributed by atoms with van der Waals surface area (Å²) in [5, 5.41) is 9.15. The summed E-state index contributed by atoms with van der Waals surface area (Å²) in [6.07, 6.45) is 1.72. The third-order valence-corrected chi connectivity index (χ3v) is 3.29. The highest BCUT2D eigenvalue weighted by Gasteiger charge is 2.20. The Morgan fingerprint density at radius 2 is 2.10 bits per heavy atom. The maximum absolute atomic E-state index is 12.7. The Morgan fingerprint density at radius 1 is 1.38 bits per heavy atom. The zero-order chi connectivity index (χ0) is 15.2. The first-order chi connectivity index (χ1) is 10.1. The summed E-state index contributed by atoms with van der Waals surface area (Å²) in [4.78, 5) is 18.3. The van der Waals surface area contributed by atoms with Crippen molar-refractivity contribution in [2.24, 2.45) is 0 Å². The lowest BCUT2D eigenvalue weighted by atomic mass is 10.2. The van der Waals surface area contributed by atoms with Crippen LogP contribution in [0.15, 0.2) is 42.6 Å². The summed E-state index contributed by atoms with van der Waals surface area (Å²) in [6, 6.07) is 12.9. The van der Waals surface area contributed by atoms with E-state index in [0.717, 1.165) is 11.4 Å². The summed E-state index contributed by atoms with van der Waals surface area (Å²) in [5.74, 6) is -0.256. The van der Waals surface area contributed by atoms with Gasteiger partial charge in [-0.3, -0.25) is 9.78 Å². The molecule has 0 atom stereocenters. The third kappa shape index (κ3) is 3.59. The molecule has 0 unspecified atom stereocenters. The van der Waals surface area contributed by atoms with Crippen molar-refractivity contribution in [2.45, 2.75) is 13.3 Å². The SMILES string of the molecule is Cc1cc(Cl)c(C(=O)N(CCC#N)c2ccccc2)cn1. The fourth-order valence-corrected chi connectivity index (χ4v) is 2.23. The average Bonchev–Trinajstić information content (AvgIpc) is 2.48. The Morgan fingerprint density at radius 3 is 2.71 bits per heavy atom. The number of hydrogen-bond acceptors (Lipinski definition) is 3. The van der Waals surface area contributed by atoms with Crippen LogP contribution in [-0.4, -0.2) is 17.4 Å². The fraction of sp³-hybridized carbons (Fsp3) is 0.188. The highest BCUT2D eigenvalue weighted by Crippen LogP contribution is 2.22. The quantitative estimate of drug-likeness (QED) is 0.866. The zero-order valence-corrected chi connectivity index (χ0v) is 12.3. The second-order valence-electron chi connectivity index (χ2n) is 4.51. The van der Waals surface area contributed by atoms with E-state index in [9.17, 15) is 4.79 Å². The summed E-state index contributed by atoms with van der Waals surface area (Å²) in [7, 11) is 0. The second kappa shape index (κ2) is 6.87. The van der Waals surface area contributed by atoms with Crippen LogP contribution < -0.4 is 4.90 Å². The number of hydrogen-bond donors (Lipinski definition) is 0. The van der Waals surface area contributed by atoms with Crippen molar-refractivity contribution in [3.8, 4) is 6.07 Å². The Kier molecular flexibility index (Phi) is 4.91. The monoisotopic (exact) mass is 299 g/mol. The molecule has 21 heavy (non-hydrogen) atoms. The molecular weight excluding hydrogens is 286 g/mol. The number of anilines is 1. The molecule has 0 aliphatic carbocycles. The maximum atomic E-state index is 12.7. The molecule has 0 spiro atoms. The van der Waals surface area contributed by atoms with Crippen LogP contribution in [0.3, 0.4) is 0 Å². The topological polar surface area (TPSA) is 57.0 Å². The van der Waals surface area contributed by atoms with Crippen molar-refractivity contribution < 1.29 is 4.79 Å². The highest BCUT2D eigenvalue weighted by atomic mass is 35.5. The third-order valence-electron chi connectivity index (χ3n) is 2.98. The van der Waals surface area contributed by atoms with Crippen LogP contribution in [0.4, 0.5) is 5.69 Å². The van der Waals surface area contributed by atoms with Gasteiger partial charge in [0.25, 0.3) is 5.91 Å². The molecule has 1 aromatic heterocycles. The van der Waals surface area contributed by atoms with Crippen LogP contribution in [0.25, 0.3) is 0 Å². The molecule has 5 heteroatoms. The van der Waals surface area contributed by atoms with Gasteiger partial charge < -0.3 is 4.90 Å². The summed E-state index contributed by atoms with van der Waals surface area (Å²) >= 11 is 6.14. The molecule has 4 nitrogen and oxygen atoms in total. The van der Waals surface area contributed by atoms with E-state index >= 15 is 0 Å². The Balaban J connectivity index is 2.37. The predicted octanol–water partition coefficient (Wildman–Crippen LogP) is 3.60. The van der Waals surface area contributed by atoms with E-state index in [-0.39, 0.29) is 12.3 Å². The summed E-state index contributed by atoms with van der Waals surface area (Å²) < 4.78 is 0. The number of benzene rings is 1. The summed E-state index contributed by atoms with van der Waals surface area (Å²) in [6.45, 7) is 2.12. The number of aromatic nitrogens is 1. The molecule has 1 aromatic carbocycles. The van der Waals surface area contributed by atoms with Crippen molar-refractivity contribution >= 4 is 23.2 Å². The number of carbonyl (C=O) groups is 1. The van der Waals surface area contributed by atoms with Gasteiger partial charge in [0.15, 0.2) is 0 Å². The maximum Gasteiger partial charge on any atom is 0.261 e. The highest BCUT2D eigenvalue weighted by molar-refractivity contribution is 6.34. The molecule has 0 bridgehead atoms. The van der Waals surface area contributed by atoms with Gasteiger partial charge in [0.05, 0.1) is 23.1 Å². The van der Waals surface area contributed by atoms with Crippen LogP contribution in [0.1, 0.15) is 22.5 Å². The van der Waals surface area contributed by atoms with Gasteiger partial charge >= 0.3 is 0 Å². The molecule has 0 N–H and O–H groups in total. The van der Waals surface area contributed by atoms with Crippen LogP contribution >= 0.6 is 11.6 Å². The molecule has 0 aliphatic rings. The van der Waals surface area contributed by atoms with Gasteiger partial charge in [-0.25, -0.2) is 0 Å². The second-order valence-corrected chi connectivity index (χ2v) is 4.91. The van der Waals surface area contributed by atoms with E-state index < -0.39 is 0 Å². The van der Waals surface area contributed by atoms with Gasteiger partial charge in [-0.05, 0) is 25.1 Å². The van der Waals surface area contributed by atoms with Crippen LogP contribution in [0, 0.1) is 18.3 Å². The number of carbonyl (C=O) groups excluding carboxylic acids is 1. The molecule has 0 aliphatic heterocycles. The van der Waals surface area contributed by atoms with Crippen LogP contribution in [-0.2, 0) is 0 Å². The minimum Gasteiger partial charge on any atom is -0.307 e. The van der Waals surface area contributed by atoms with Crippen molar-refractivity contribution in [1.82, 2.24) is 4.98 Å². The smallest absolute Gasteiger partial charge is 0.261 e. The first-order valence-electron chi connectivity index (χ1n) is 6.49. The van der Waals surface area contributed by atoms with Gasteiger partial charge in [0, 0.05) is 24.1 Å². The first kappa shape index (κ1) is 15.0. The summed E-state index contributed by atoms with van der Waals surface area (Å²) in [5.41, 5.74) is 1.82. The number of amides is 1. The average molecular weight is 300 g/mol. The lowest BCUT2D eigenvalue weighted by molar-refractivity contribution is 0.0987. The Hall–Kier alpha value is -2.38. The molecule has 2 aromatic rings. The molecule has 0 fully saturated rings. The Bertz CT molecular complexity index is 680. The van der Waals surface area contributed by atoms with E-state index in [1.165, 1.54) is 6.20 Å². The van der Waals surface area contributed by atoms with Crippen molar-refractivity contribution in [1.29, 1.82) is 5.26 Å². The van der Waals surface area contributed by atoms with Gasteiger partial charge in [0.1, 0.15) is 0 Å². The van der Waals surface area contributed by atoms with Crippen molar-refractivity contribution in [2.75, 3.05) is 11.4 Å². The number of aryl methyl sites for hydroxylation is 1. The van der Waals surface area contributed by atoms with Crippen LogP contribution in [0.2, 0.25) is 5.02 Å². The van der Waals surface area contributed by atoms with E-state index in [4.69, 9.17) is 16.9 Å². The molecule has 106 valence electrons. The lowest BCUT2D eigenvalue weighted by Gasteiger charge is -2.22. The minimum absolute atomic E-state index is 0.248. The molecular formula is C16H14ClN3O. The van der Waals surface area contributed by atoms with Crippen LogP contribution in [0.5, 0.6) is 0 Å². The fourth-order valence-electron chi connectivity index (χ4n) is 1.95. The molecule has 0 saturated heterocycles. The van der Waals surface area contributed by atoms with E-state index in [1.54, 1.807) is 11.0 Å². The molecule has 1 amide bonds. The normalized spacial score (nSPS) is 9.95. The van der Waals surface area contributed by atoms with Gasteiger partial charge in [0.2, 0.25) is 0 Å². The molecule has 1 heterocycles. The van der Waals surface area contributed by atoms with Gasteiger partial charge in [-0.15, -0.1) is 0 Å². The van der Waals surface area contributed by atoms with Gasteiger partial charge in [-0.1, -0.05) is 29.8 Å². The number of nitrogens with zero attached hydrogens (tertiary/aromatic N) is 3. The largest absolute Gasteiger partial charge is 0.307 e. The van der Waals surface area contributed by atoms with Gasteiger partial charge in [-0.2, -0.15) is 5.26 Å². The Labute approximate surface area is 128 Å². The molecule has 0 saturated carbocycles. The number of para-hydroxylation sites is 1. The van der Waals surface area contributed by atoms with Crippen molar-refractivity contribution in [3.05, 3.63) is 58.9 Å². The number of pyridine rings is 1. The first-order valence-corrected chi connectivity index (χ1v) is 6.87. The minimum atomic E-state index is -0.256. The predicted molar refractivity (Wildman–Crippen MR) is 82.3 cm³/mol. The molecule has 2 rings (SSSR count). The molecule has 0 radical (unpaired) electrons. The zero-order valence-electron chi connectivity index (χ0n) is 11.6. The number of halogens is 1. The number of rotatable bonds is 4. The van der Waals surface area contributed by atoms with E-state index in [1.807, 2.05) is 37.3 Å². The van der Waals surface area contributed by atoms with Crippen molar-refractivity contribution in [3.63, 3.8) is 0 Å². The standard InChI is InChI=1S/C16H14ClN3O/c1-12-10-15(17)14(11-19-12)16(21)20(9-5-8-18)13-6-3-2-4-7-13/h2-4,6-7,10-11H,5,9H2,1H3. The lowest BCUT2D eigenvalue weighted by Crippen LogP contribution is -2.32. The van der Waals surface area contributed by atoms with E-state index in [0.29, 0.717) is 17.1 Å². The van der Waals surface area contributed by atoms with E-state index in [2.05, 4.69) is 11.1 Å².